The number of hydrogen-bond acceptors (Lipinski definition) is 4. The SMILES string of the molecule is Cc1nc2ccc(Cl)cc2n1Cc1csc(CNC(=O)BI)n1. The van der Waals surface area contributed by atoms with E-state index < -0.39 is 0 Å². The molecule has 1 aromatic carbocycles. The number of fused-ring (bicyclic) bond motifs is 1. The van der Waals surface area contributed by atoms with Gasteiger partial charge in [-0.25, -0.2) is 9.97 Å². The molecule has 118 valence electrons. The summed E-state index contributed by atoms with van der Waals surface area (Å²) in [6, 6.07) is 5.69. The third kappa shape index (κ3) is 3.86. The van der Waals surface area contributed by atoms with E-state index in [9.17, 15) is 4.79 Å². The lowest BCUT2D eigenvalue weighted by Crippen LogP contribution is -2.23. The van der Waals surface area contributed by atoms with Gasteiger partial charge in [0.1, 0.15) is 10.8 Å². The highest BCUT2D eigenvalue weighted by Gasteiger charge is 2.11. The molecule has 0 fully saturated rings. The normalized spacial score (nSPS) is 10.9. The van der Waals surface area contributed by atoms with Crippen molar-refractivity contribution in [2.24, 2.45) is 0 Å². The summed E-state index contributed by atoms with van der Waals surface area (Å²) in [4.78, 5) is 20.4. The summed E-state index contributed by atoms with van der Waals surface area (Å²) in [7, 11) is 0. The second kappa shape index (κ2) is 7.19. The van der Waals surface area contributed by atoms with Gasteiger partial charge in [0.15, 0.2) is 5.81 Å². The van der Waals surface area contributed by atoms with Crippen LogP contribution in [0.5, 0.6) is 0 Å². The van der Waals surface area contributed by atoms with Crippen molar-refractivity contribution in [3.8, 4) is 0 Å². The number of carbonyl (C=O) groups is 1. The zero-order valence-electron chi connectivity index (χ0n) is 12.3. The molecule has 0 radical (unpaired) electrons. The lowest BCUT2D eigenvalue weighted by molar-refractivity contribution is 0.259. The number of nitrogens with zero attached hydrogens (tertiary/aromatic N) is 3. The Hall–Kier alpha value is -1.13. The maximum atomic E-state index is 11.3. The first kappa shape index (κ1) is 16.7. The molecule has 0 saturated heterocycles. The summed E-state index contributed by atoms with van der Waals surface area (Å²) in [6.07, 6.45) is 0. The van der Waals surface area contributed by atoms with Crippen LogP contribution in [0.15, 0.2) is 23.6 Å². The molecule has 3 aromatic rings. The van der Waals surface area contributed by atoms with Crippen LogP contribution in [0.25, 0.3) is 11.0 Å². The van der Waals surface area contributed by atoms with Gasteiger partial charge in [-0.05, 0) is 25.1 Å². The molecule has 5 nitrogen and oxygen atoms in total. The van der Waals surface area contributed by atoms with Gasteiger partial charge < -0.3 is 9.88 Å². The molecule has 0 unspecified atom stereocenters. The molecule has 0 aliphatic heterocycles. The zero-order valence-corrected chi connectivity index (χ0v) is 16.1. The highest BCUT2D eigenvalue weighted by molar-refractivity contribution is 14.1. The number of thiazole rings is 1. The first-order valence-corrected chi connectivity index (χ1v) is 9.73. The van der Waals surface area contributed by atoms with Crippen LogP contribution in [0.3, 0.4) is 0 Å². The maximum Gasteiger partial charge on any atom is 0.307 e. The van der Waals surface area contributed by atoms with Crippen molar-refractivity contribution in [1.82, 2.24) is 19.9 Å². The number of amides is 1. The number of nitrogens with one attached hydrogen (secondary N) is 1. The van der Waals surface area contributed by atoms with E-state index in [0.717, 1.165) is 27.6 Å². The average Bonchev–Trinajstić information content (AvgIpc) is 3.11. The highest BCUT2D eigenvalue weighted by Crippen LogP contribution is 2.22. The van der Waals surface area contributed by atoms with Crippen LogP contribution in [-0.4, -0.2) is 25.5 Å². The van der Waals surface area contributed by atoms with Gasteiger partial charge in [0.25, 0.3) is 0 Å². The quantitative estimate of drug-likeness (QED) is 0.470. The van der Waals surface area contributed by atoms with Gasteiger partial charge in [-0.15, -0.1) is 33.7 Å². The Balaban J connectivity index is 1.80. The van der Waals surface area contributed by atoms with Crippen molar-refractivity contribution < 1.29 is 4.79 Å². The Morgan fingerprint density at radius 3 is 3.09 bits per heavy atom. The van der Waals surface area contributed by atoms with Gasteiger partial charge in [0, 0.05) is 10.4 Å². The fourth-order valence-electron chi connectivity index (χ4n) is 2.30. The largest absolute Gasteiger partial charge is 0.358 e. The Morgan fingerprint density at radius 2 is 2.30 bits per heavy atom. The maximum absolute atomic E-state index is 11.3. The molecule has 0 aliphatic carbocycles. The van der Waals surface area contributed by atoms with Gasteiger partial charge >= 0.3 is 5.14 Å². The minimum atomic E-state index is 0.0217. The first-order valence-electron chi connectivity index (χ1n) is 6.95. The minimum Gasteiger partial charge on any atom is -0.358 e. The minimum absolute atomic E-state index is 0.0217. The molecule has 23 heavy (non-hydrogen) atoms. The average molecular weight is 459 g/mol. The Labute approximate surface area is 156 Å². The number of aromatic nitrogens is 3. The van der Waals surface area contributed by atoms with E-state index in [1.807, 2.05) is 52.9 Å². The zero-order chi connectivity index (χ0) is 16.4. The number of carbonyl (C=O) groups excluding carboxylic acids is 1. The van der Waals surface area contributed by atoms with E-state index in [0.29, 0.717) is 23.2 Å². The molecule has 2 aromatic heterocycles. The molecular weight excluding hydrogens is 445 g/mol. The number of halogens is 2. The summed E-state index contributed by atoms with van der Waals surface area (Å²) < 4.78 is 2.10. The van der Waals surface area contributed by atoms with Gasteiger partial charge in [-0.3, -0.25) is 4.79 Å². The van der Waals surface area contributed by atoms with Crippen molar-refractivity contribution >= 4 is 67.3 Å². The molecule has 0 saturated carbocycles. The molecule has 0 bridgehead atoms. The van der Waals surface area contributed by atoms with Crippen LogP contribution in [0.4, 0.5) is 4.79 Å². The smallest absolute Gasteiger partial charge is 0.307 e. The predicted octanol–water partition coefficient (Wildman–Crippen LogP) is 3.50. The standard InChI is InChI=1S/C14H13BClIN4OS/c1-8-19-11-3-2-9(16)4-12(11)21(8)6-10-7-23-13(20-10)5-18-14(22)15-17/h2-4,7,15H,5-6H2,1H3,(H,18,22). The molecule has 1 amide bonds. The Kier molecular flexibility index (Phi) is 5.22. The number of imidazole rings is 1. The molecule has 0 spiro atoms. The van der Waals surface area contributed by atoms with Crippen molar-refractivity contribution in [3.63, 3.8) is 0 Å². The van der Waals surface area contributed by atoms with Crippen molar-refractivity contribution in [2.45, 2.75) is 20.0 Å². The summed E-state index contributed by atoms with van der Waals surface area (Å²) in [5, 5.41) is 6.90. The van der Waals surface area contributed by atoms with Crippen LogP contribution in [0.1, 0.15) is 16.5 Å². The molecule has 3 rings (SSSR count). The van der Waals surface area contributed by atoms with Gasteiger partial charge in [0.05, 0.1) is 29.8 Å². The third-order valence-corrected chi connectivity index (χ3v) is 5.20. The number of rotatable bonds is 5. The van der Waals surface area contributed by atoms with Crippen LogP contribution >= 0.6 is 45.3 Å². The van der Waals surface area contributed by atoms with Gasteiger partial charge in [-0.1, -0.05) is 11.6 Å². The van der Waals surface area contributed by atoms with Crippen LogP contribution < -0.4 is 5.32 Å². The lowest BCUT2D eigenvalue weighted by atomic mass is 10.1. The lowest BCUT2D eigenvalue weighted by Gasteiger charge is -2.04. The van der Waals surface area contributed by atoms with E-state index in [1.54, 1.807) is 11.3 Å². The third-order valence-electron chi connectivity index (χ3n) is 3.38. The van der Waals surface area contributed by atoms with E-state index in [2.05, 4.69) is 19.9 Å². The van der Waals surface area contributed by atoms with Crippen LogP contribution in [0.2, 0.25) is 5.02 Å². The van der Waals surface area contributed by atoms with Crippen molar-refractivity contribution in [1.29, 1.82) is 0 Å². The fourth-order valence-corrected chi connectivity index (χ4v) is 3.46. The molecule has 0 atom stereocenters. The molecule has 1 N–H and O–H groups in total. The van der Waals surface area contributed by atoms with Crippen LogP contribution in [-0.2, 0) is 13.1 Å². The topological polar surface area (TPSA) is 59.8 Å². The second-order valence-corrected chi connectivity index (χ2v) is 7.16. The molecule has 9 heteroatoms. The van der Waals surface area contributed by atoms with E-state index in [4.69, 9.17) is 11.6 Å². The number of benzene rings is 1. The van der Waals surface area contributed by atoms with Crippen molar-refractivity contribution in [3.05, 3.63) is 45.1 Å². The van der Waals surface area contributed by atoms with Gasteiger partial charge in [-0.2, -0.15) is 0 Å². The van der Waals surface area contributed by atoms with Crippen molar-refractivity contribution in [2.75, 3.05) is 0 Å². The monoisotopic (exact) mass is 458 g/mol. The van der Waals surface area contributed by atoms with E-state index in [-0.39, 0.29) is 5.81 Å². The van der Waals surface area contributed by atoms with E-state index >= 15 is 0 Å². The summed E-state index contributed by atoms with van der Waals surface area (Å²) in [5.74, 6) is 0.948. The number of hydrogen-bond donors (Lipinski definition) is 1. The highest BCUT2D eigenvalue weighted by atomic mass is 127. The number of aryl methyl sites for hydroxylation is 1. The molecule has 0 aliphatic rings. The molecule has 2 heterocycles. The second-order valence-electron chi connectivity index (χ2n) is 5.02. The van der Waals surface area contributed by atoms with E-state index in [1.165, 1.54) is 0 Å². The molecular formula is C14H13BClIN4OS. The predicted molar refractivity (Wildman–Crippen MR) is 104 cm³/mol. The first-order chi connectivity index (χ1) is 11.1. The summed E-state index contributed by atoms with van der Waals surface area (Å²) >= 11 is 9.69. The fraction of sp³-hybridized carbons (Fsp3) is 0.214. The Morgan fingerprint density at radius 1 is 1.48 bits per heavy atom. The Bertz CT molecular complexity index is 866. The summed E-state index contributed by atoms with van der Waals surface area (Å²) in [6.45, 7) is 3.09. The van der Waals surface area contributed by atoms with Gasteiger partial charge in [0.2, 0.25) is 0 Å². The summed E-state index contributed by atoms with van der Waals surface area (Å²) in [5.41, 5.74) is 2.88. The van der Waals surface area contributed by atoms with Crippen LogP contribution in [0, 0.1) is 6.92 Å².